The maximum atomic E-state index is 12.9. The molecule has 1 aliphatic heterocycles. The van der Waals surface area contributed by atoms with Gasteiger partial charge in [0.2, 0.25) is 0 Å². The lowest BCUT2D eigenvalue weighted by molar-refractivity contribution is -0.254. The summed E-state index contributed by atoms with van der Waals surface area (Å²) in [5, 5.41) is 13.9. The normalized spacial score (nSPS) is 12.5. The van der Waals surface area contributed by atoms with E-state index in [1.807, 2.05) is 0 Å². The Morgan fingerprint density at radius 3 is 2.25 bits per heavy atom. The van der Waals surface area contributed by atoms with Crippen molar-refractivity contribution in [1.29, 1.82) is 0 Å². The fourth-order valence-corrected chi connectivity index (χ4v) is 3.48. The average Bonchev–Trinajstić information content (AvgIpc) is 3.04. The average molecular weight is 429 g/mol. The first kappa shape index (κ1) is 20.8. The highest BCUT2D eigenvalue weighted by Gasteiger charge is 2.37. The third-order valence-corrected chi connectivity index (χ3v) is 5.12. The van der Waals surface area contributed by atoms with E-state index in [0.717, 1.165) is 4.90 Å². The van der Waals surface area contributed by atoms with Crippen LogP contribution in [0, 0.1) is 6.92 Å². The van der Waals surface area contributed by atoms with E-state index in [0.29, 0.717) is 17.0 Å². The van der Waals surface area contributed by atoms with Crippen LogP contribution in [0.5, 0.6) is 5.75 Å². The summed E-state index contributed by atoms with van der Waals surface area (Å²) in [5.74, 6) is -2.53. The number of benzene rings is 3. The van der Waals surface area contributed by atoms with Crippen LogP contribution in [0.25, 0.3) is 0 Å². The van der Waals surface area contributed by atoms with Crippen molar-refractivity contribution >= 4 is 35.1 Å². The standard InChI is InChI=1S/C24H18N2O6/c1-13-3-10-20(19(11-13)24(30)31)25-21(27)14-4-9-17-18(12-14)23(29)26(22(17)28)15-5-7-16(32-2)8-6-15/h3-12H,1-2H3,(H,25,27)(H,30,31)/p-1. The minimum absolute atomic E-state index is 0.0726. The number of methoxy groups -OCH3 is 1. The van der Waals surface area contributed by atoms with E-state index in [-0.39, 0.29) is 27.9 Å². The molecule has 32 heavy (non-hydrogen) atoms. The molecule has 0 aliphatic carbocycles. The van der Waals surface area contributed by atoms with Crippen molar-refractivity contribution in [2.24, 2.45) is 0 Å². The minimum Gasteiger partial charge on any atom is -0.545 e. The topological polar surface area (TPSA) is 116 Å². The lowest BCUT2D eigenvalue weighted by atomic mass is 10.0. The molecule has 0 radical (unpaired) electrons. The first-order valence-electron chi connectivity index (χ1n) is 9.60. The van der Waals surface area contributed by atoms with Gasteiger partial charge >= 0.3 is 0 Å². The number of anilines is 2. The van der Waals surface area contributed by atoms with Crippen LogP contribution < -0.4 is 20.1 Å². The molecular weight excluding hydrogens is 412 g/mol. The lowest BCUT2D eigenvalue weighted by Gasteiger charge is -2.14. The van der Waals surface area contributed by atoms with Gasteiger partial charge in [-0.05, 0) is 61.5 Å². The van der Waals surface area contributed by atoms with E-state index in [4.69, 9.17) is 4.74 Å². The van der Waals surface area contributed by atoms with Gasteiger partial charge in [0.25, 0.3) is 17.7 Å². The zero-order valence-corrected chi connectivity index (χ0v) is 17.2. The van der Waals surface area contributed by atoms with Crippen molar-refractivity contribution in [1.82, 2.24) is 0 Å². The first-order chi connectivity index (χ1) is 15.3. The van der Waals surface area contributed by atoms with E-state index in [2.05, 4.69) is 5.32 Å². The fourth-order valence-electron chi connectivity index (χ4n) is 3.48. The molecular formula is C24H17N2O6-. The number of fused-ring (bicyclic) bond motifs is 1. The van der Waals surface area contributed by atoms with Gasteiger partial charge in [0, 0.05) is 11.1 Å². The van der Waals surface area contributed by atoms with E-state index in [1.54, 1.807) is 37.3 Å². The van der Waals surface area contributed by atoms with Gasteiger partial charge in [-0.1, -0.05) is 11.6 Å². The zero-order chi connectivity index (χ0) is 23.0. The number of carboxylic acid groups (broad SMARTS) is 1. The molecule has 3 amide bonds. The van der Waals surface area contributed by atoms with Gasteiger partial charge in [-0.15, -0.1) is 0 Å². The molecule has 3 aromatic carbocycles. The summed E-state index contributed by atoms with van der Waals surface area (Å²) in [6.45, 7) is 1.72. The number of amides is 3. The van der Waals surface area contributed by atoms with Crippen LogP contribution in [0.4, 0.5) is 11.4 Å². The van der Waals surface area contributed by atoms with Crippen LogP contribution in [0.2, 0.25) is 0 Å². The Morgan fingerprint density at radius 2 is 1.59 bits per heavy atom. The number of aryl methyl sites for hydroxylation is 1. The lowest BCUT2D eigenvalue weighted by Crippen LogP contribution is -2.29. The number of aromatic carboxylic acids is 1. The number of nitrogens with zero attached hydrogens (tertiary/aromatic N) is 1. The van der Waals surface area contributed by atoms with Gasteiger partial charge in [-0.2, -0.15) is 0 Å². The Bertz CT molecular complexity index is 1280. The van der Waals surface area contributed by atoms with Crippen LogP contribution in [0.1, 0.15) is 47.0 Å². The van der Waals surface area contributed by atoms with Crippen molar-refractivity contribution in [3.8, 4) is 5.75 Å². The molecule has 1 heterocycles. The molecule has 1 aliphatic rings. The molecule has 0 atom stereocenters. The molecule has 160 valence electrons. The molecule has 0 saturated heterocycles. The molecule has 0 bridgehead atoms. The second-order valence-electron chi connectivity index (χ2n) is 7.19. The molecule has 0 fully saturated rings. The molecule has 1 N–H and O–H groups in total. The number of imide groups is 1. The molecule has 8 heteroatoms. The number of hydrogen-bond donors (Lipinski definition) is 1. The van der Waals surface area contributed by atoms with Crippen molar-refractivity contribution in [2.45, 2.75) is 6.92 Å². The largest absolute Gasteiger partial charge is 0.545 e. The minimum atomic E-state index is -1.42. The van der Waals surface area contributed by atoms with Crippen molar-refractivity contribution in [3.05, 3.63) is 88.5 Å². The van der Waals surface area contributed by atoms with Gasteiger partial charge in [0.05, 0.1) is 35.6 Å². The summed E-state index contributed by atoms with van der Waals surface area (Å²) in [6.07, 6.45) is 0. The highest BCUT2D eigenvalue weighted by molar-refractivity contribution is 6.34. The van der Waals surface area contributed by atoms with Gasteiger partial charge < -0.3 is 20.0 Å². The van der Waals surface area contributed by atoms with Crippen LogP contribution >= 0.6 is 0 Å². The van der Waals surface area contributed by atoms with Crippen molar-refractivity contribution < 1.29 is 29.0 Å². The number of carbonyl (C=O) groups is 4. The summed E-state index contributed by atoms with van der Waals surface area (Å²) in [7, 11) is 1.51. The summed E-state index contributed by atoms with van der Waals surface area (Å²) in [6, 6.07) is 15.1. The van der Waals surface area contributed by atoms with Crippen molar-refractivity contribution in [2.75, 3.05) is 17.3 Å². The van der Waals surface area contributed by atoms with Gasteiger partial charge in [0.15, 0.2) is 0 Å². The predicted octanol–water partition coefficient (Wildman–Crippen LogP) is 2.42. The summed E-state index contributed by atoms with van der Waals surface area (Å²) < 4.78 is 5.09. The second-order valence-corrected chi connectivity index (χ2v) is 7.19. The number of carboxylic acids is 1. The van der Waals surface area contributed by atoms with E-state index in [9.17, 15) is 24.3 Å². The number of rotatable bonds is 5. The Morgan fingerprint density at radius 1 is 0.906 bits per heavy atom. The smallest absolute Gasteiger partial charge is 0.266 e. The van der Waals surface area contributed by atoms with Crippen molar-refractivity contribution in [3.63, 3.8) is 0 Å². The number of nitrogens with one attached hydrogen (secondary N) is 1. The number of ether oxygens (including phenoxy) is 1. The Labute approximate surface area is 183 Å². The van der Waals surface area contributed by atoms with Crippen LogP contribution in [-0.2, 0) is 0 Å². The van der Waals surface area contributed by atoms with E-state index < -0.39 is 23.7 Å². The maximum absolute atomic E-state index is 12.9. The van der Waals surface area contributed by atoms with Crippen LogP contribution in [0.3, 0.4) is 0 Å². The maximum Gasteiger partial charge on any atom is 0.266 e. The Balaban J connectivity index is 1.62. The number of hydrogen-bond acceptors (Lipinski definition) is 6. The number of carbonyl (C=O) groups excluding carboxylic acids is 4. The molecule has 3 aromatic rings. The zero-order valence-electron chi connectivity index (χ0n) is 17.2. The quantitative estimate of drug-likeness (QED) is 0.623. The van der Waals surface area contributed by atoms with Crippen LogP contribution in [0.15, 0.2) is 60.7 Å². The monoisotopic (exact) mass is 429 g/mol. The van der Waals surface area contributed by atoms with E-state index in [1.165, 1.54) is 37.4 Å². The Hall–Kier alpha value is -4.46. The van der Waals surface area contributed by atoms with Gasteiger partial charge in [-0.3, -0.25) is 14.4 Å². The first-order valence-corrected chi connectivity index (χ1v) is 9.60. The molecule has 0 saturated carbocycles. The second kappa shape index (κ2) is 7.99. The molecule has 0 spiro atoms. The summed E-state index contributed by atoms with van der Waals surface area (Å²) >= 11 is 0. The summed E-state index contributed by atoms with van der Waals surface area (Å²) in [5.41, 5.74) is 1.35. The third kappa shape index (κ3) is 3.58. The Kier molecular flexibility index (Phi) is 5.19. The molecule has 0 aromatic heterocycles. The highest BCUT2D eigenvalue weighted by Crippen LogP contribution is 2.30. The molecule has 8 nitrogen and oxygen atoms in total. The van der Waals surface area contributed by atoms with Gasteiger partial charge in [-0.25, -0.2) is 4.90 Å². The molecule has 4 rings (SSSR count). The molecule has 0 unspecified atom stereocenters. The van der Waals surface area contributed by atoms with E-state index >= 15 is 0 Å². The van der Waals surface area contributed by atoms with Crippen LogP contribution in [-0.4, -0.2) is 30.8 Å². The highest BCUT2D eigenvalue weighted by atomic mass is 16.5. The third-order valence-electron chi connectivity index (χ3n) is 5.12. The SMILES string of the molecule is COc1ccc(N2C(=O)c3ccc(C(=O)Nc4ccc(C)cc4C(=O)[O-])cc3C2=O)cc1. The predicted molar refractivity (Wildman–Crippen MR) is 114 cm³/mol. The fraction of sp³-hybridized carbons (Fsp3) is 0.0833. The van der Waals surface area contributed by atoms with Gasteiger partial charge in [0.1, 0.15) is 5.75 Å². The summed E-state index contributed by atoms with van der Waals surface area (Å²) in [4.78, 5) is 50.9.